The van der Waals surface area contributed by atoms with Crippen LogP contribution < -0.4 is 0 Å². The van der Waals surface area contributed by atoms with Crippen LogP contribution in [-0.2, 0) is 11.3 Å². The van der Waals surface area contributed by atoms with Gasteiger partial charge in [-0.1, -0.05) is 0 Å². The highest BCUT2D eigenvalue weighted by Crippen LogP contribution is 2.19. The molecule has 0 bridgehead atoms. The average molecular weight is 297 g/mol. The molecule has 1 fully saturated rings. The number of ether oxygens (including phenoxy) is 1. The summed E-state index contributed by atoms with van der Waals surface area (Å²) in [5.41, 5.74) is 2.52. The minimum Gasteiger partial charge on any atom is -0.444 e. The number of likely N-dealkylation sites (tertiary alicyclic amines) is 1. The maximum absolute atomic E-state index is 12.0. The van der Waals surface area contributed by atoms with Gasteiger partial charge in [0.15, 0.2) is 0 Å². The molecule has 2 rings (SSSR count). The largest absolute Gasteiger partial charge is 0.444 e. The molecule has 5 nitrogen and oxygen atoms in total. The van der Waals surface area contributed by atoms with Crippen LogP contribution in [0.1, 0.15) is 32.9 Å². The van der Waals surface area contributed by atoms with E-state index in [1.165, 1.54) is 0 Å². The lowest BCUT2D eigenvalue weighted by atomic mass is 10.2. The molecule has 0 aliphatic carbocycles. The van der Waals surface area contributed by atoms with Gasteiger partial charge < -0.3 is 9.64 Å². The van der Waals surface area contributed by atoms with Crippen LogP contribution in [0.3, 0.4) is 0 Å². The normalized spacial score (nSPS) is 20.1. The predicted molar refractivity (Wildman–Crippen MR) is 79.8 cm³/mol. The topological polar surface area (TPSA) is 45.7 Å². The first-order valence-electron chi connectivity index (χ1n) is 6.90. The highest BCUT2D eigenvalue weighted by atomic mass is 32.1. The van der Waals surface area contributed by atoms with Crippen LogP contribution in [0.4, 0.5) is 4.79 Å². The Labute approximate surface area is 124 Å². The minimum atomic E-state index is -0.440. The summed E-state index contributed by atoms with van der Waals surface area (Å²) in [5, 5.41) is 2.07. The van der Waals surface area contributed by atoms with Gasteiger partial charge in [-0.15, -0.1) is 11.3 Å². The molecule has 6 heteroatoms. The molecule has 1 aromatic heterocycles. The molecular formula is C14H23N3O2S. The highest BCUT2D eigenvalue weighted by Gasteiger charge is 2.30. The summed E-state index contributed by atoms with van der Waals surface area (Å²) in [6.45, 7) is 8.41. The molecule has 1 unspecified atom stereocenters. The van der Waals surface area contributed by atoms with Crippen LogP contribution in [0.25, 0.3) is 0 Å². The molecule has 1 saturated heterocycles. The van der Waals surface area contributed by atoms with Gasteiger partial charge in [0.25, 0.3) is 0 Å². The summed E-state index contributed by atoms with van der Waals surface area (Å²) in [6.07, 6.45) is 0.748. The summed E-state index contributed by atoms with van der Waals surface area (Å²) >= 11 is 1.62. The summed E-state index contributed by atoms with van der Waals surface area (Å²) in [7, 11) is 1.82. The maximum Gasteiger partial charge on any atom is 0.410 e. The molecule has 2 heterocycles. The van der Waals surface area contributed by atoms with Crippen molar-refractivity contribution in [1.29, 1.82) is 0 Å². The van der Waals surface area contributed by atoms with Crippen LogP contribution in [0.15, 0.2) is 10.9 Å². The number of rotatable bonds is 3. The lowest BCUT2D eigenvalue weighted by Gasteiger charge is -2.28. The monoisotopic (exact) mass is 297 g/mol. The van der Waals surface area contributed by atoms with E-state index in [4.69, 9.17) is 4.74 Å². The fourth-order valence-electron chi connectivity index (χ4n) is 2.30. The number of hydrogen-bond donors (Lipinski definition) is 0. The fourth-order valence-corrected chi connectivity index (χ4v) is 2.85. The van der Waals surface area contributed by atoms with Gasteiger partial charge in [-0.05, 0) is 27.2 Å². The summed E-state index contributed by atoms with van der Waals surface area (Å²) in [5.74, 6) is 0. The molecule has 112 valence electrons. The molecule has 0 saturated carbocycles. The zero-order chi connectivity index (χ0) is 14.8. The van der Waals surface area contributed by atoms with Gasteiger partial charge in [-0.3, -0.25) is 4.90 Å². The number of carbonyl (C=O) groups is 1. The van der Waals surface area contributed by atoms with Crippen molar-refractivity contribution in [2.75, 3.05) is 20.1 Å². The molecule has 0 spiro atoms. The molecule has 0 aromatic carbocycles. The molecule has 0 N–H and O–H groups in total. The first kappa shape index (κ1) is 15.3. The number of amides is 1. The molecule has 1 aromatic rings. The molecule has 1 aliphatic heterocycles. The first-order valence-corrected chi connectivity index (χ1v) is 7.84. The summed E-state index contributed by atoms with van der Waals surface area (Å²) < 4.78 is 5.41. The lowest BCUT2D eigenvalue weighted by molar-refractivity contribution is 0.0228. The number of thiazole rings is 1. The van der Waals surface area contributed by atoms with Gasteiger partial charge in [0.1, 0.15) is 5.60 Å². The highest BCUT2D eigenvalue weighted by molar-refractivity contribution is 7.07. The Kier molecular flexibility index (Phi) is 4.65. The van der Waals surface area contributed by atoms with E-state index in [0.717, 1.165) is 31.7 Å². The fraction of sp³-hybridized carbons (Fsp3) is 0.714. The van der Waals surface area contributed by atoms with E-state index in [-0.39, 0.29) is 12.1 Å². The van der Waals surface area contributed by atoms with E-state index in [1.807, 2.05) is 33.3 Å². The van der Waals surface area contributed by atoms with E-state index in [1.54, 1.807) is 16.2 Å². The Morgan fingerprint density at radius 1 is 1.60 bits per heavy atom. The van der Waals surface area contributed by atoms with Crippen molar-refractivity contribution in [3.05, 3.63) is 16.6 Å². The van der Waals surface area contributed by atoms with E-state index < -0.39 is 5.60 Å². The molecule has 0 radical (unpaired) electrons. The third-order valence-electron chi connectivity index (χ3n) is 3.35. The summed E-state index contributed by atoms with van der Waals surface area (Å²) in [4.78, 5) is 20.4. The second-order valence-corrected chi connectivity index (χ2v) is 6.97. The van der Waals surface area contributed by atoms with Crippen LogP contribution in [0.5, 0.6) is 0 Å². The zero-order valence-electron chi connectivity index (χ0n) is 12.6. The second-order valence-electron chi connectivity index (χ2n) is 6.25. The van der Waals surface area contributed by atoms with E-state index in [9.17, 15) is 4.79 Å². The third-order valence-corrected chi connectivity index (χ3v) is 3.98. The molecule has 1 aliphatic rings. The molecule has 20 heavy (non-hydrogen) atoms. The third kappa shape index (κ3) is 4.18. The smallest absolute Gasteiger partial charge is 0.410 e. The minimum absolute atomic E-state index is 0.225. The van der Waals surface area contributed by atoms with Crippen molar-refractivity contribution in [2.24, 2.45) is 0 Å². The van der Waals surface area contributed by atoms with E-state index in [2.05, 4.69) is 15.3 Å². The number of nitrogens with zero attached hydrogens (tertiary/aromatic N) is 3. The standard InChI is InChI=1S/C14H23N3O2S/c1-14(2,3)19-13(18)16(4)12-5-6-17(8-12)7-11-9-20-10-15-11/h9-10,12H,5-8H2,1-4H3. The Hall–Kier alpha value is -1.14. The SMILES string of the molecule is CN(C(=O)OC(C)(C)C)C1CCN(Cc2cscn2)C1. The van der Waals surface area contributed by atoms with Crippen LogP contribution in [0, 0.1) is 0 Å². The Balaban J connectivity index is 1.84. The van der Waals surface area contributed by atoms with Crippen molar-refractivity contribution in [3.8, 4) is 0 Å². The van der Waals surface area contributed by atoms with E-state index in [0.29, 0.717) is 0 Å². The van der Waals surface area contributed by atoms with Crippen molar-refractivity contribution >= 4 is 17.4 Å². The van der Waals surface area contributed by atoms with Crippen LogP contribution >= 0.6 is 11.3 Å². The van der Waals surface area contributed by atoms with Gasteiger partial charge in [0, 0.05) is 38.1 Å². The molecular weight excluding hydrogens is 274 g/mol. The van der Waals surface area contributed by atoms with Crippen LogP contribution in [0.2, 0.25) is 0 Å². The Bertz CT molecular complexity index is 442. The zero-order valence-corrected chi connectivity index (χ0v) is 13.4. The van der Waals surface area contributed by atoms with Crippen molar-refractivity contribution < 1.29 is 9.53 Å². The summed E-state index contributed by atoms with van der Waals surface area (Å²) in [6, 6.07) is 0.225. The quantitative estimate of drug-likeness (QED) is 0.860. The number of likely N-dealkylation sites (N-methyl/N-ethyl adjacent to an activating group) is 1. The molecule has 1 atom stereocenters. The van der Waals surface area contributed by atoms with Crippen molar-refractivity contribution in [3.63, 3.8) is 0 Å². The number of hydrogen-bond acceptors (Lipinski definition) is 5. The van der Waals surface area contributed by atoms with Gasteiger partial charge in [-0.2, -0.15) is 0 Å². The lowest BCUT2D eigenvalue weighted by Crippen LogP contribution is -2.42. The second kappa shape index (κ2) is 6.10. The molecule has 1 amide bonds. The van der Waals surface area contributed by atoms with Gasteiger partial charge in [0.2, 0.25) is 0 Å². The van der Waals surface area contributed by atoms with Crippen molar-refractivity contribution in [2.45, 2.75) is 45.4 Å². The van der Waals surface area contributed by atoms with Crippen LogP contribution in [-0.4, -0.2) is 52.7 Å². The van der Waals surface area contributed by atoms with E-state index >= 15 is 0 Å². The average Bonchev–Trinajstić information content (AvgIpc) is 2.97. The predicted octanol–water partition coefficient (Wildman–Crippen LogP) is 2.58. The van der Waals surface area contributed by atoms with Gasteiger partial charge >= 0.3 is 6.09 Å². The Morgan fingerprint density at radius 3 is 2.95 bits per heavy atom. The number of aromatic nitrogens is 1. The first-order chi connectivity index (χ1) is 9.35. The Morgan fingerprint density at radius 2 is 2.35 bits per heavy atom. The van der Waals surface area contributed by atoms with Crippen molar-refractivity contribution in [1.82, 2.24) is 14.8 Å². The number of carbonyl (C=O) groups excluding carboxylic acids is 1. The van der Waals surface area contributed by atoms with Gasteiger partial charge in [0.05, 0.1) is 11.2 Å². The van der Waals surface area contributed by atoms with Gasteiger partial charge in [-0.25, -0.2) is 9.78 Å². The maximum atomic E-state index is 12.0.